The van der Waals surface area contributed by atoms with E-state index in [4.69, 9.17) is 4.74 Å². The molecule has 7 heteroatoms. The Bertz CT molecular complexity index is 984. The lowest BCUT2D eigenvalue weighted by Gasteiger charge is -2.21. The number of aromatic amines is 1. The van der Waals surface area contributed by atoms with E-state index in [-0.39, 0.29) is 29.4 Å². The number of carbonyl (C=O) groups is 4. The van der Waals surface area contributed by atoms with Crippen molar-refractivity contribution in [1.29, 1.82) is 0 Å². The maximum Gasteiger partial charge on any atom is 0.329 e. The quantitative estimate of drug-likeness (QED) is 0.476. The van der Waals surface area contributed by atoms with Crippen LogP contribution >= 0.6 is 0 Å². The number of likely N-dealkylation sites (tertiary alicyclic amines) is 1. The minimum Gasteiger partial charge on any atom is -0.456 e. The van der Waals surface area contributed by atoms with Crippen molar-refractivity contribution in [2.75, 3.05) is 6.61 Å². The molecule has 152 valence electrons. The number of esters is 1. The Morgan fingerprint density at radius 3 is 2.41 bits per heavy atom. The molecule has 4 rings (SSSR count). The number of para-hydroxylation sites is 1. The van der Waals surface area contributed by atoms with E-state index in [1.807, 2.05) is 24.3 Å². The van der Waals surface area contributed by atoms with Crippen molar-refractivity contribution >= 4 is 34.5 Å². The van der Waals surface area contributed by atoms with Gasteiger partial charge in [-0.1, -0.05) is 31.0 Å². The predicted octanol–water partition coefficient (Wildman–Crippen LogP) is 2.77. The minimum atomic E-state index is -1.03. The van der Waals surface area contributed by atoms with Crippen molar-refractivity contribution in [2.24, 2.45) is 11.8 Å². The molecule has 1 saturated carbocycles. The molecule has 0 radical (unpaired) electrons. The first-order valence-electron chi connectivity index (χ1n) is 10.0. The van der Waals surface area contributed by atoms with Crippen molar-refractivity contribution in [3.8, 4) is 0 Å². The highest BCUT2D eigenvalue weighted by atomic mass is 16.5. The fraction of sp³-hybridized carbons (Fsp3) is 0.455. The van der Waals surface area contributed by atoms with E-state index < -0.39 is 18.6 Å². The van der Waals surface area contributed by atoms with Gasteiger partial charge >= 0.3 is 5.97 Å². The molecule has 0 spiro atoms. The number of aryl methyl sites for hydroxylation is 1. The van der Waals surface area contributed by atoms with Crippen LogP contribution in [0.4, 0.5) is 0 Å². The highest BCUT2D eigenvalue weighted by molar-refractivity contribution is 6.11. The van der Waals surface area contributed by atoms with Crippen LogP contribution in [-0.2, 0) is 19.1 Å². The Kier molecular flexibility index (Phi) is 4.98. The Morgan fingerprint density at radius 2 is 1.76 bits per heavy atom. The van der Waals surface area contributed by atoms with Crippen molar-refractivity contribution in [1.82, 2.24) is 9.88 Å². The second-order valence-corrected chi connectivity index (χ2v) is 7.92. The molecule has 2 fully saturated rings. The van der Waals surface area contributed by atoms with Gasteiger partial charge in [0.1, 0.15) is 6.04 Å². The topological polar surface area (TPSA) is 96.5 Å². The van der Waals surface area contributed by atoms with Crippen LogP contribution in [0.2, 0.25) is 0 Å². The van der Waals surface area contributed by atoms with E-state index in [1.54, 1.807) is 6.92 Å². The molecule has 1 N–H and O–H groups in total. The van der Waals surface area contributed by atoms with E-state index in [2.05, 4.69) is 4.98 Å². The Labute approximate surface area is 168 Å². The number of imide groups is 1. The van der Waals surface area contributed by atoms with Gasteiger partial charge in [0.2, 0.25) is 17.6 Å². The lowest BCUT2D eigenvalue weighted by molar-refractivity contribution is -0.157. The molecule has 1 aliphatic heterocycles. The van der Waals surface area contributed by atoms with Crippen LogP contribution < -0.4 is 0 Å². The van der Waals surface area contributed by atoms with Gasteiger partial charge in [-0.15, -0.1) is 0 Å². The number of rotatable bonds is 5. The first-order chi connectivity index (χ1) is 13.9. The molecule has 2 heterocycles. The molecular formula is C22H24N2O5. The van der Waals surface area contributed by atoms with Crippen molar-refractivity contribution in [2.45, 2.75) is 45.6 Å². The SMILES string of the molecule is Cc1[nH]c2ccccc2c1C(=O)COC(=O)[C@H](C)N1C(=O)[C@H]2CCCC[C@@H]2C1=O. The molecule has 1 saturated heterocycles. The molecule has 7 nitrogen and oxygen atoms in total. The second-order valence-electron chi connectivity index (χ2n) is 7.92. The monoisotopic (exact) mass is 396 g/mol. The molecule has 1 aliphatic carbocycles. The summed E-state index contributed by atoms with van der Waals surface area (Å²) in [4.78, 5) is 54.7. The number of fused-ring (bicyclic) bond motifs is 2. The summed E-state index contributed by atoms with van der Waals surface area (Å²) in [5.41, 5.74) is 2.03. The number of benzene rings is 1. The van der Waals surface area contributed by atoms with Crippen LogP contribution in [0.1, 0.15) is 48.7 Å². The van der Waals surface area contributed by atoms with Gasteiger partial charge in [-0.3, -0.25) is 19.3 Å². The van der Waals surface area contributed by atoms with E-state index in [9.17, 15) is 19.2 Å². The number of nitrogens with one attached hydrogen (secondary N) is 1. The minimum absolute atomic E-state index is 0.289. The van der Waals surface area contributed by atoms with Gasteiger partial charge in [0.05, 0.1) is 11.8 Å². The molecule has 2 amide bonds. The van der Waals surface area contributed by atoms with Crippen LogP contribution in [0.15, 0.2) is 24.3 Å². The zero-order valence-electron chi connectivity index (χ0n) is 16.6. The number of Topliss-reactive ketones (excluding diaryl/α,β-unsaturated/α-hetero) is 1. The van der Waals surface area contributed by atoms with Crippen molar-refractivity contribution in [3.05, 3.63) is 35.5 Å². The summed E-state index contributed by atoms with van der Waals surface area (Å²) in [5, 5.41) is 0.771. The Balaban J connectivity index is 1.44. The molecule has 2 aliphatic rings. The van der Waals surface area contributed by atoms with Crippen LogP contribution in [0.5, 0.6) is 0 Å². The van der Waals surface area contributed by atoms with Crippen LogP contribution in [0, 0.1) is 18.8 Å². The highest BCUT2D eigenvalue weighted by Crippen LogP contribution is 2.39. The Hall–Kier alpha value is -2.96. The molecular weight excluding hydrogens is 372 g/mol. The summed E-state index contributed by atoms with van der Waals surface area (Å²) in [6, 6.07) is 6.38. The van der Waals surface area contributed by atoms with Gasteiger partial charge in [-0.2, -0.15) is 0 Å². The maximum atomic E-state index is 12.7. The van der Waals surface area contributed by atoms with Gasteiger partial charge in [-0.05, 0) is 32.8 Å². The number of nitrogens with zero attached hydrogens (tertiary/aromatic N) is 1. The predicted molar refractivity (Wildman–Crippen MR) is 105 cm³/mol. The zero-order chi connectivity index (χ0) is 20.7. The van der Waals surface area contributed by atoms with Crippen molar-refractivity contribution in [3.63, 3.8) is 0 Å². The van der Waals surface area contributed by atoms with Crippen molar-refractivity contribution < 1.29 is 23.9 Å². The van der Waals surface area contributed by atoms with Gasteiger partial charge < -0.3 is 9.72 Å². The first-order valence-corrected chi connectivity index (χ1v) is 10.0. The van der Waals surface area contributed by atoms with E-state index in [1.165, 1.54) is 6.92 Å². The van der Waals surface area contributed by atoms with Crippen LogP contribution in [0.25, 0.3) is 10.9 Å². The fourth-order valence-electron chi connectivity index (χ4n) is 4.64. The zero-order valence-corrected chi connectivity index (χ0v) is 16.6. The summed E-state index contributed by atoms with van der Waals surface area (Å²) in [7, 11) is 0. The number of hydrogen-bond acceptors (Lipinski definition) is 5. The summed E-state index contributed by atoms with van der Waals surface area (Å²) < 4.78 is 5.21. The third kappa shape index (κ3) is 3.24. The number of carbonyl (C=O) groups excluding carboxylic acids is 4. The summed E-state index contributed by atoms with van der Waals surface area (Å²) >= 11 is 0. The molecule has 29 heavy (non-hydrogen) atoms. The fourth-order valence-corrected chi connectivity index (χ4v) is 4.64. The third-order valence-corrected chi connectivity index (χ3v) is 6.12. The van der Waals surface area contributed by atoms with Gasteiger partial charge in [-0.25, -0.2) is 4.79 Å². The van der Waals surface area contributed by atoms with Crippen LogP contribution in [0.3, 0.4) is 0 Å². The number of hydrogen-bond donors (Lipinski definition) is 1. The Morgan fingerprint density at radius 1 is 1.14 bits per heavy atom. The number of aromatic nitrogens is 1. The maximum absolute atomic E-state index is 12.7. The lowest BCUT2D eigenvalue weighted by atomic mass is 9.81. The normalized spacial score (nSPS) is 22.6. The number of ketones is 1. The third-order valence-electron chi connectivity index (χ3n) is 6.12. The average molecular weight is 396 g/mol. The number of H-pyrrole nitrogens is 1. The van der Waals surface area contributed by atoms with E-state index >= 15 is 0 Å². The molecule has 1 aromatic carbocycles. The molecule has 2 aromatic rings. The summed E-state index contributed by atoms with van der Waals surface area (Å²) in [6.45, 7) is 2.84. The van der Waals surface area contributed by atoms with Gasteiger partial charge in [0.25, 0.3) is 0 Å². The average Bonchev–Trinajstić information content (AvgIpc) is 3.19. The van der Waals surface area contributed by atoms with Gasteiger partial charge in [0, 0.05) is 22.2 Å². The molecule has 3 atom stereocenters. The molecule has 0 bridgehead atoms. The summed E-state index contributed by atoms with van der Waals surface area (Å²) in [5.74, 6) is -2.28. The van der Waals surface area contributed by atoms with Crippen LogP contribution in [-0.4, -0.2) is 46.1 Å². The number of ether oxygens (including phenoxy) is 1. The first kappa shape index (κ1) is 19.4. The highest BCUT2D eigenvalue weighted by Gasteiger charge is 2.51. The molecule has 0 unspecified atom stereocenters. The number of amides is 2. The van der Waals surface area contributed by atoms with E-state index in [0.717, 1.165) is 28.6 Å². The second kappa shape index (κ2) is 7.46. The van der Waals surface area contributed by atoms with Gasteiger partial charge in [0.15, 0.2) is 6.61 Å². The van der Waals surface area contributed by atoms with E-state index in [0.29, 0.717) is 24.1 Å². The standard InChI is InChI=1S/C22H24N2O5/c1-12-19(16-9-5-6-10-17(16)23-12)18(25)11-29-22(28)13(2)24-20(26)14-7-3-4-8-15(14)21(24)27/h5-6,9-10,13-15,23H,3-4,7-8,11H2,1-2H3/t13-,14-,15-/m0/s1. The molecule has 1 aromatic heterocycles. The largest absolute Gasteiger partial charge is 0.456 e. The smallest absolute Gasteiger partial charge is 0.329 e. The summed E-state index contributed by atoms with van der Waals surface area (Å²) in [6.07, 6.45) is 3.22. The lowest BCUT2D eigenvalue weighted by Crippen LogP contribution is -2.44.